The number of esters is 1. The molecule has 2 aromatic rings. The SMILES string of the molecule is CCOC(=O)c1sc(NC(=S)Nc2ccc(F)c(Cl)c2)nc1C. The molecule has 1 aromatic heterocycles. The van der Waals surface area contributed by atoms with Crippen LogP contribution in [0.4, 0.5) is 15.2 Å². The first-order valence-electron chi connectivity index (χ1n) is 6.58. The number of nitrogens with zero attached hydrogens (tertiary/aromatic N) is 1. The second-order valence-corrected chi connectivity index (χ2v) is 6.18. The lowest BCUT2D eigenvalue weighted by Crippen LogP contribution is -2.18. The molecule has 0 amide bonds. The molecular formula is C14H13ClFN3O2S2. The highest BCUT2D eigenvalue weighted by atomic mass is 35.5. The van der Waals surface area contributed by atoms with Crippen molar-refractivity contribution in [2.45, 2.75) is 13.8 Å². The molecular weight excluding hydrogens is 361 g/mol. The van der Waals surface area contributed by atoms with Gasteiger partial charge in [-0.1, -0.05) is 22.9 Å². The number of carbonyl (C=O) groups excluding carboxylic acids is 1. The first kappa shape index (κ1) is 17.6. The van der Waals surface area contributed by atoms with E-state index in [1.54, 1.807) is 13.8 Å². The lowest BCUT2D eigenvalue weighted by atomic mass is 10.3. The molecule has 0 aliphatic carbocycles. The number of aryl methyl sites for hydroxylation is 1. The van der Waals surface area contributed by atoms with Gasteiger partial charge in [0, 0.05) is 5.69 Å². The third kappa shape index (κ3) is 4.60. The fraction of sp³-hybridized carbons (Fsp3) is 0.214. The molecule has 0 atom stereocenters. The Morgan fingerprint density at radius 3 is 2.87 bits per heavy atom. The average molecular weight is 374 g/mol. The normalized spacial score (nSPS) is 10.3. The van der Waals surface area contributed by atoms with Crippen molar-refractivity contribution in [2.24, 2.45) is 0 Å². The van der Waals surface area contributed by atoms with Gasteiger partial charge in [0.1, 0.15) is 10.7 Å². The zero-order valence-corrected chi connectivity index (χ0v) is 14.7. The first-order chi connectivity index (χ1) is 10.9. The Balaban J connectivity index is 2.04. The van der Waals surface area contributed by atoms with E-state index in [4.69, 9.17) is 28.6 Å². The Labute approximate surface area is 146 Å². The van der Waals surface area contributed by atoms with Gasteiger partial charge in [-0.05, 0) is 44.3 Å². The Hall–Kier alpha value is -1.77. The summed E-state index contributed by atoms with van der Waals surface area (Å²) in [5, 5.41) is 6.42. The van der Waals surface area contributed by atoms with Crippen molar-refractivity contribution < 1.29 is 13.9 Å². The van der Waals surface area contributed by atoms with Crippen LogP contribution < -0.4 is 10.6 Å². The molecule has 23 heavy (non-hydrogen) atoms. The number of hydrogen-bond acceptors (Lipinski definition) is 5. The van der Waals surface area contributed by atoms with Crippen molar-refractivity contribution in [1.82, 2.24) is 4.98 Å². The molecule has 122 valence electrons. The summed E-state index contributed by atoms with van der Waals surface area (Å²) >= 11 is 12.0. The van der Waals surface area contributed by atoms with E-state index in [0.717, 1.165) is 11.3 Å². The van der Waals surface area contributed by atoms with Crippen molar-refractivity contribution in [1.29, 1.82) is 0 Å². The summed E-state index contributed by atoms with van der Waals surface area (Å²) in [6.07, 6.45) is 0. The molecule has 0 unspecified atom stereocenters. The van der Waals surface area contributed by atoms with Crippen LogP contribution in [0.5, 0.6) is 0 Å². The number of carbonyl (C=O) groups is 1. The van der Waals surface area contributed by atoms with Crippen LogP contribution in [0.2, 0.25) is 5.02 Å². The molecule has 0 saturated heterocycles. The topological polar surface area (TPSA) is 63.2 Å². The van der Waals surface area contributed by atoms with Crippen molar-refractivity contribution in [3.63, 3.8) is 0 Å². The molecule has 1 aromatic carbocycles. The molecule has 0 saturated carbocycles. The van der Waals surface area contributed by atoms with Crippen LogP contribution in [-0.4, -0.2) is 22.7 Å². The summed E-state index contributed by atoms with van der Waals surface area (Å²) in [4.78, 5) is 16.4. The third-order valence-corrected chi connectivity index (χ3v) is 4.20. The van der Waals surface area contributed by atoms with E-state index in [1.165, 1.54) is 18.2 Å². The van der Waals surface area contributed by atoms with E-state index in [2.05, 4.69) is 15.6 Å². The fourth-order valence-electron chi connectivity index (χ4n) is 1.67. The van der Waals surface area contributed by atoms with Crippen LogP contribution in [0.1, 0.15) is 22.3 Å². The summed E-state index contributed by atoms with van der Waals surface area (Å²) in [6, 6.07) is 4.16. The van der Waals surface area contributed by atoms with Gasteiger partial charge >= 0.3 is 5.97 Å². The zero-order valence-electron chi connectivity index (χ0n) is 12.3. The van der Waals surface area contributed by atoms with E-state index in [9.17, 15) is 9.18 Å². The average Bonchev–Trinajstić information content (AvgIpc) is 2.83. The van der Waals surface area contributed by atoms with Crippen LogP contribution in [0, 0.1) is 12.7 Å². The molecule has 9 heteroatoms. The minimum Gasteiger partial charge on any atom is -0.462 e. The lowest BCUT2D eigenvalue weighted by Gasteiger charge is -2.08. The fourth-order valence-corrected chi connectivity index (χ4v) is 2.99. The summed E-state index contributed by atoms with van der Waals surface area (Å²) in [5.74, 6) is -0.925. The number of ether oxygens (including phenoxy) is 1. The Morgan fingerprint density at radius 1 is 1.48 bits per heavy atom. The molecule has 0 spiro atoms. The van der Waals surface area contributed by atoms with E-state index in [-0.39, 0.29) is 10.1 Å². The summed E-state index contributed by atoms with van der Waals surface area (Å²) in [7, 11) is 0. The minimum atomic E-state index is -0.509. The minimum absolute atomic E-state index is 0.00695. The Morgan fingerprint density at radius 2 is 2.22 bits per heavy atom. The molecule has 5 nitrogen and oxygen atoms in total. The maximum absolute atomic E-state index is 13.1. The van der Waals surface area contributed by atoms with Gasteiger partial charge in [0.15, 0.2) is 10.2 Å². The van der Waals surface area contributed by atoms with Crippen LogP contribution in [0.3, 0.4) is 0 Å². The van der Waals surface area contributed by atoms with E-state index in [1.807, 2.05) is 0 Å². The summed E-state index contributed by atoms with van der Waals surface area (Å²) in [6.45, 7) is 3.74. The van der Waals surface area contributed by atoms with Crippen molar-refractivity contribution >= 4 is 57.1 Å². The van der Waals surface area contributed by atoms with Gasteiger partial charge in [-0.3, -0.25) is 0 Å². The smallest absolute Gasteiger partial charge is 0.350 e. The van der Waals surface area contributed by atoms with E-state index < -0.39 is 11.8 Å². The third-order valence-electron chi connectivity index (χ3n) is 2.66. The first-order valence-corrected chi connectivity index (χ1v) is 8.18. The maximum Gasteiger partial charge on any atom is 0.350 e. The largest absolute Gasteiger partial charge is 0.462 e. The van der Waals surface area contributed by atoms with Crippen LogP contribution >= 0.6 is 35.2 Å². The van der Waals surface area contributed by atoms with Gasteiger partial charge in [-0.15, -0.1) is 0 Å². The van der Waals surface area contributed by atoms with Crippen molar-refractivity contribution in [2.75, 3.05) is 17.2 Å². The van der Waals surface area contributed by atoms with Gasteiger partial charge in [-0.25, -0.2) is 14.2 Å². The number of thiazole rings is 1. The predicted molar refractivity (Wildman–Crippen MR) is 94.1 cm³/mol. The zero-order chi connectivity index (χ0) is 17.0. The quantitative estimate of drug-likeness (QED) is 0.617. The molecule has 0 aliphatic heterocycles. The number of rotatable bonds is 4. The number of hydrogen-bond donors (Lipinski definition) is 2. The number of thiocarbonyl (C=S) groups is 1. The number of halogens is 2. The number of nitrogens with one attached hydrogen (secondary N) is 2. The second-order valence-electron chi connectivity index (χ2n) is 4.36. The molecule has 2 rings (SSSR count). The molecule has 0 fully saturated rings. The van der Waals surface area contributed by atoms with E-state index in [0.29, 0.717) is 28.0 Å². The van der Waals surface area contributed by atoms with Crippen LogP contribution in [-0.2, 0) is 4.74 Å². The van der Waals surface area contributed by atoms with Crippen molar-refractivity contribution in [3.8, 4) is 0 Å². The van der Waals surface area contributed by atoms with Gasteiger partial charge in [0.05, 0.1) is 17.3 Å². The standard InChI is InChI=1S/C14H13ClFN3O2S2/c1-3-21-12(20)11-7(2)17-14(23-11)19-13(22)18-8-4-5-10(16)9(15)6-8/h4-6H,3H2,1-2H3,(H2,17,18,19,22). The van der Waals surface area contributed by atoms with Gasteiger partial charge in [0.25, 0.3) is 0 Å². The number of anilines is 2. The highest BCUT2D eigenvalue weighted by molar-refractivity contribution is 7.80. The molecule has 0 bridgehead atoms. The van der Waals surface area contributed by atoms with E-state index >= 15 is 0 Å². The summed E-state index contributed by atoms with van der Waals surface area (Å²) < 4.78 is 18.1. The van der Waals surface area contributed by atoms with Gasteiger partial charge in [-0.2, -0.15) is 0 Å². The Kier molecular flexibility index (Phi) is 5.86. The highest BCUT2D eigenvalue weighted by Gasteiger charge is 2.16. The summed E-state index contributed by atoms with van der Waals surface area (Å²) in [5.41, 5.74) is 1.09. The van der Waals surface area contributed by atoms with Crippen LogP contribution in [0.15, 0.2) is 18.2 Å². The lowest BCUT2D eigenvalue weighted by molar-refractivity contribution is 0.0531. The number of benzene rings is 1. The second kappa shape index (κ2) is 7.67. The molecule has 0 radical (unpaired) electrons. The molecule has 1 heterocycles. The van der Waals surface area contributed by atoms with Gasteiger partial charge < -0.3 is 15.4 Å². The van der Waals surface area contributed by atoms with Gasteiger partial charge in [0.2, 0.25) is 0 Å². The number of aromatic nitrogens is 1. The van der Waals surface area contributed by atoms with Crippen molar-refractivity contribution in [3.05, 3.63) is 39.6 Å². The monoisotopic (exact) mass is 373 g/mol. The Bertz CT molecular complexity index is 752. The predicted octanol–water partition coefficient (Wildman–Crippen LogP) is 4.23. The molecule has 2 N–H and O–H groups in total. The highest BCUT2D eigenvalue weighted by Crippen LogP contribution is 2.24. The van der Waals surface area contributed by atoms with Crippen LogP contribution in [0.25, 0.3) is 0 Å². The molecule has 0 aliphatic rings. The maximum atomic E-state index is 13.1.